The van der Waals surface area contributed by atoms with Crippen LogP contribution in [0.3, 0.4) is 0 Å². The predicted molar refractivity (Wildman–Crippen MR) is 53.0 cm³/mol. The fourth-order valence-electron chi connectivity index (χ4n) is 1.23. The van der Waals surface area contributed by atoms with Crippen LogP contribution >= 0.6 is 11.6 Å². The quantitative estimate of drug-likeness (QED) is 0.819. The standard InChI is InChI=1S/C10H10ClF2N/c11-7-3-8(12)5-9(4-7)14-6-10(13)1-2-10/h3-5,14H,1-2,6H2. The van der Waals surface area contributed by atoms with Crippen molar-refractivity contribution in [2.24, 2.45) is 0 Å². The fraction of sp³-hybridized carbons (Fsp3) is 0.400. The van der Waals surface area contributed by atoms with E-state index in [2.05, 4.69) is 5.32 Å². The van der Waals surface area contributed by atoms with Crippen LogP contribution in [0.5, 0.6) is 0 Å². The molecule has 0 amide bonds. The Kier molecular flexibility index (Phi) is 2.35. The van der Waals surface area contributed by atoms with Crippen molar-refractivity contribution in [1.29, 1.82) is 0 Å². The van der Waals surface area contributed by atoms with E-state index in [9.17, 15) is 8.78 Å². The molecule has 1 saturated carbocycles. The van der Waals surface area contributed by atoms with Gasteiger partial charge in [-0.15, -0.1) is 0 Å². The molecule has 0 bridgehead atoms. The number of alkyl halides is 1. The first-order chi connectivity index (χ1) is 6.57. The molecule has 1 aliphatic rings. The highest BCUT2D eigenvalue weighted by Gasteiger charge is 2.42. The fourth-order valence-corrected chi connectivity index (χ4v) is 1.45. The number of hydrogen-bond acceptors (Lipinski definition) is 1. The zero-order chi connectivity index (χ0) is 10.2. The lowest BCUT2D eigenvalue weighted by Gasteiger charge is -2.09. The molecule has 0 spiro atoms. The van der Waals surface area contributed by atoms with E-state index in [0.29, 0.717) is 23.6 Å². The van der Waals surface area contributed by atoms with Gasteiger partial charge in [0.25, 0.3) is 0 Å². The normalized spacial score (nSPS) is 17.9. The minimum Gasteiger partial charge on any atom is -0.382 e. The van der Waals surface area contributed by atoms with Gasteiger partial charge in [-0.25, -0.2) is 8.78 Å². The zero-order valence-corrected chi connectivity index (χ0v) is 8.24. The maximum atomic E-state index is 13.2. The summed E-state index contributed by atoms with van der Waals surface area (Å²) in [6.07, 6.45) is 1.17. The Morgan fingerprint density at radius 2 is 2.07 bits per heavy atom. The van der Waals surface area contributed by atoms with Gasteiger partial charge in [0.2, 0.25) is 0 Å². The second-order valence-corrected chi connectivity index (χ2v) is 4.10. The highest BCUT2D eigenvalue weighted by Crippen LogP contribution is 2.39. The summed E-state index contributed by atoms with van der Waals surface area (Å²) in [6, 6.07) is 4.10. The summed E-state index contributed by atoms with van der Waals surface area (Å²) in [6.45, 7) is 0.229. The third-order valence-electron chi connectivity index (χ3n) is 2.26. The van der Waals surface area contributed by atoms with Gasteiger partial charge in [0.15, 0.2) is 0 Å². The lowest BCUT2D eigenvalue weighted by molar-refractivity contribution is 0.326. The molecule has 1 aromatic rings. The minimum atomic E-state index is -1.08. The maximum Gasteiger partial charge on any atom is 0.128 e. The summed E-state index contributed by atoms with van der Waals surface area (Å²) >= 11 is 5.64. The Hall–Kier alpha value is -0.830. The van der Waals surface area contributed by atoms with Gasteiger partial charge in [-0.3, -0.25) is 0 Å². The first-order valence-corrected chi connectivity index (χ1v) is 4.84. The number of benzene rings is 1. The molecular formula is C10H10ClF2N. The van der Waals surface area contributed by atoms with Crippen molar-refractivity contribution in [3.8, 4) is 0 Å². The van der Waals surface area contributed by atoms with E-state index in [1.54, 1.807) is 6.07 Å². The lowest BCUT2D eigenvalue weighted by Crippen LogP contribution is -2.15. The Bertz CT molecular complexity index is 330. The maximum absolute atomic E-state index is 13.2. The van der Waals surface area contributed by atoms with Gasteiger partial charge in [0, 0.05) is 17.3 Å². The molecule has 0 radical (unpaired) electrons. The van der Waals surface area contributed by atoms with Gasteiger partial charge in [-0.1, -0.05) is 11.6 Å². The highest BCUT2D eigenvalue weighted by molar-refractivity contribution is 6.30. The van der Waals surface area contributed by atoms with E-state index in [1.807, 2.05) is 0 Å². The summed E-state index contributed by atoms with van der Waals surface area (Å²) in [5.74, 6) is -0.413. The van der Waals surface area contributed by atoms with Gasteiger partial charge in [0.05, 0.1) is 0 Å². The van der Waals surface area contributed by atoms with E-state index < -0.39 is 11.5 Å². The minimum absolute atomic E-state index is 0.229. The molecule has 0 heterocycles. The third-order valence-corrected chi connectivity index (χ3v) is 2.48. The van der Waals surface area contributed by atoms with Crippen LogP contribution in [0.2, 0.25) is 5.02 Å². The van der Waals surface area contributed by atoms with Crippen molar-refractivity contribution < 1.29 is 8.78 Å². The van der Waals surface area contributed by atoms with Crippen molar-refractivity contribution in [3.05, 3.63) is 29.0 Å². The van der Waals surface area contributed by atoms with Gasteiger partial charge >= 0.3 is 0 Å². The number of anilines is 1. The smallest absolute Gasteiger partial charge is 0.128 e. The molecule has 14 heavy (non-hydrogen) atoms. The topological polar surface area (TPSA) is 12.0 Å². The van der Waals surface area contributed by atoms with Crippen LogP contribution in [0.1, 0.15) is 12.8 Å². The molecule has 1 N–H and O–H groups in total. The van der Waals surface area contributed by atoms with Gasteiger partial charge in [0.1, 0.15) is 11.5 Å². The molecule has 76 valence electrons. The van der Waals surface area contributed by atoms with Crippen LogP contribution in [0.25, 0.3) is 0 Å². The molecule has 1 fully saturated rings. The summed E-state index contributed by atoms with van der Waals surface area (Å²) in [7, 11) is 0. The first-order valence-electron chi connectivity index (χ1n) is 4.46. The SMILES string of the molecule is Fc1cc(Cl)cc(NCC2(F)CC2)c1. The summed E-state index contributed by atoms with van der Waals surface area (Å²) < 4.78 is 26.0. The molecule has 1 nitrogen and oxygen atoms in total. The Labute approximate surface area is 86.1 Å². The molecule has 0 aromatic heterocycles. The van der Waals surface area contributed by atoms with Gasteiger partial charge in [-0.2, -0.15) is 0 Å². The van der Waals surface area contributed by atoms with Crippen LogP contribution in [0.15, 0.2) is 18.2 Å². The van der Waals surface area contributed by atoms with Gasteiger partial charge in [-0.05, 0) is 31.0 Å². The van der Waals surface area contributed by atoms with E-state index in [4.69, 9.17) is 11.6 Å². The third kappa shape index (κ3) is 2.35. The van der Waals surface area contributed by atoms with Crippen molar-refractivity contribution in [2.75, 3.05) is 11.9 Å². The second-order valence-electron chi connectivity index (χ2n) is 3.66. The van der Waals surface area contributed by atoms with Crippen molar-refractivity contribution >= 4 is 17.3 Å². The predicted octanol–water partition coefficient (Wildman–Crippen LogP) is 3.39. The molecule has 0 atom stereocenters. The lowest BCUT2D eigenvalue weighted by atomic mass is 10.3. The molecule has 0 unspecified atom stereocenters. The molecule has 2 rings (SSSR count). The number of hydrogen-bond donors (Lipinski definition) is 1. The number of nitrogens with one attached hydrogen (secondary N) is 1. The molecule has 1 aliphatic carbocycles. The second kappa shape index (κ2) is 3.39. The average molecular weight is 218 g/mol. The molecule has 1 aromatic carbocycles. The monoisotopic (exact) mass is 217 g/mol. The molecule has 0 saturated heterocycles. The number of halogens is 3. The Balaban J connectivity index is 2.01. The van der Waals surface area contributed by atoms with E-state index in [1.165, 1.54) is 12.1 Å². The van der Waals surface area contributed by atoms with Gasteiger partial charge < -0.3 is 5.32 Å². The largest absolute Gasteiger partial charge is 0.382 e. The molecule has 4 heteroatoms. The average Bonchev–Trinajstić information content (AvgIpc) is 2.80. The van der Waals surface area contributed by atoms with Crippen molar-refractivity contribution in [2.45, 2.75) is 18.5 Å². The summed E-state index contributed by atoms with van der Waals surface area (Å²) in [5.41, 5.74) is -0.558. The summed E-state index contributed by atoms with van der Waals surface area (Å²) in [4.78, 5) is 0. The van der Waals surface area contributed by atoms with Crippen LogP contribution in [-0.4, -0.2) is 12.2 Å². The van der Waals surface area contributed by atoms with E-state index in [-0.39, 0.29) is 6.54 Å². The van der Waals surface area contributed by atoms with Crippen LogP contribution in [-0.2, 0) is 0 Å². The molecule has 0 aliphatic heterocycles. The van der Waals surface area contributed by atoms with E-state index >= 15 is 0 Å². The first kappa shape index (κ1) is 9.71. The summed E-state index contributed by atoms with van der Waals surface area (Å²) in [5, 5.41) is 3.15. The van der Waals surface area contributed by atoms with Crippen molar-refractivity contribution in [1.82, 2.24) is 0 Å². The highest BCUT2D eigenvalue weighted by atomic mass is 35.5. The van der Waals surface area contributed by atoms with Crippen LogP contribution in [0.4, 0.5) is 14.5 Å². The van der Waals surface area contributed by atoms with E-state index in [0.717, 1.165) is 0 Å². The van der Waals surface area contributed by atoms with Crippen LogP contribution < -0.4 is 5.32 Å². The van der Waals surface area contributed by atoms with Crippen LogP contribution in [0, 0.1) is 5.82 Å². The zero-order valence-electron chi connectivity index (χ0n) is 7.49. The van der Waals surface area contributed by atoms with Crippen molar-refractivity contribution in [3.63, 3.8) is 0 Å². The Morgan fingerprint density at radius 1 is 1.36 bits per heavy atom. The number of rotatable bonds is 3. The molecular weight excluding hydrogens is 208 g/mol. The Morgan fingerprint density at radius 3 is 2.64 bits per heavy atom.